The van der Waals surface area contributed by atoms with Gasteiger partial charge in [0, 0.05) is 6.07 Å². The second-order valence-corrected chi connectivity index (χ2v) is 4.30. The van der Waals surface area contributed by atoms with Gasteiger partial charge in [-0.05, 0) is 6.07 Å². The average Bonchev–Trinajstić information content (AvgIpc) is 2.29. The molecule has 0 radical (unpaired) electrons. The van der Waals surface area contributed by atoms with Crippen molar-refractivity contribution in [3.63, 3.8) is 0 Å². The van der Waals surface area contributed by atoms with Gasteiger partial charge < -0.3 is 10.5 Å². The Morgan fingerprint density at radius 2 is 1.65 bits per heavy atom. The molecule has 1 aromatic heterocycles. The number of benzene rings is 1. The van der Waals surface area contributed by atoms with E-state index in [1.54, 1.807) is 0 Å². The summed E-state index contributed by atoms with van der Waals surface area (Å²) in [6, 6.07) is 3.00. The standard InChI is InChI=1S/C10H6Cl3N3O/c11-5-1-7(13)8(2-6(5)12)17-10-4-15-9(14)3-16-10/h1-4H,(H2,14,15). The van der Waals surface area contributed by atoms with E-state index in [9.17, 15) is 0 Å². The summed E-state index contributed by atoms with van der Waals surface area (Å²) in [6.07, 6.45) is 2.76. The first-order valence-corrected chi connectivity index (χ1v) is 5.59. The summed E-state index contributed by atoms with van der Waals surface area (Å²) in [5.41, 5.74) is 5.40. The van der Waals surface area contributed by atoms with E-state index in [1.165, 1.54) is 24.5 Å². The second kappa shape index (κ2) is 4.96. The highest BCUT2D eigenvalue weighted by Crippen LogP contribution is 2.35. The van der Waals surface area contributed by atoms with E-state index < -0.39 is 0 Å². The molecule has 0 amide bonds. The Morgan fingerprint density at radius 3 is 2.29 bits per heavy atom. The fourth-order valence-electron chi connectivity index (χ4n) is 1.07. The zero-order valence-corrected chi connectivity index (χ0v) is 10.6. The summed E-state index contributed by atoms with van der Waals surface area (Å²) >= 11 is 17.6. The number of hydrogen-bond donors (Lipinski definition) is 1. The third-order valence-corrected chi connectivity index (χ3v) is 2.85. The Morgan fingerprint density at radius 1 is 0.941 bits per heavy atom. The van der Waals surface area contributed by atoms with E-state index in [-0.39, 0.29) is 5.88 Å². The summed E-state index contributed by atoms with van der Waals surface area (Å²) in [4.78, 5) is 7.76. The number of nitrogen functional groups attached to an aromatic ring is 1. The van der Waals surface area contributed by atoms with Gasteiger partial charge in [0.1, 0.15) is 11.6 Å². The van der Waals surface area contributed by atoms with Crippen LogP contribution in [0.25, 0.3) is 0 Å². The molecule has 1 aromatic carbocycles. The maximum Gasteiger partial charge on any atom is 0.238 e. The number of nitrogens with two attached hydrogens (primary N) is 1. The van der Waals surface area contributed by atoms with E-state index in [0.29, 0.717) is 26.6 Å². The summed E-state index contributed by atoms with van der Waals surface area (Å²) in [5, 5.41) is 1.03. The van der Waals surface area contributed by atoms with Crippen molar-refractivity contribution in [2.24, 2.45) is 0 Å². The van der Waals surface area contributed by atoms with Crippen molar-refractivity contribution in [1.82, 2.24) is 9.97 Å². The number of rotatable bonds is 2. The molecule has 0 aliphatic heterocycles. The zero-order chi connectivity index (χ0) is 12.4. The summed E-state index contributed by atoms with van der Waals surface area (Å²) < 4.78 is 5.40. The Hall–Kier alpha value is -1.23. The Balaban J connectivity index is 2.30. The summed E-state index contributed by atoms with van der Waals surface area (Å²) in [5.74, 6) is 0.914. The van der Waals surface area contributed by atoms with Gasteiger partial charge in [0.15, 0.2) is 0 Å². The van der Waals surface area contributed by atoms with Gasteiger partial charge in [-0.25, -0.2) is 9.97 Å². The SMILES string of the molecule is Nc1cnc(Oc2cc(Cl)c(Cl)cc2Cl)cn1. The van der Waals surface area contributed by atoms with E-state index in [1.807, 2.05) is 0 Å². The quantitative estimate of drug-likeness (QED) is 0.854. The molecule has 0 aliphatic rings. The molecule has 0 spiro atoms. The highest BCUT2D eigenvalue weighted by molar-refractivity contribution is 6.43. The van der Waals surface area contributed by atoms with Gasteiger partial charge >= 0.3 is 0 Å². The fourth-order valence-corrected chi connectivity index (χ4v) is 1.65. The lowest BCUT2D eigenvalue weighted by Crippen LogP contribution is -1.94. The van der Waals surface area contributed by atoms with Gasteiger partial charge in [-0.1, -0.05) is 34.8 Å². The lowest BCUT2D eigenvalue weighted by Gasteiger charge is -2.07. The van der Waals surface area contributed by atoms with Gasteiger partial charge in [0.25, 0.3) is 0 Å². The van der Waals surface area contributed by atoms with Crippen LogP contribution in [-0.2, 0) is 0 Å². The maximum atomic E-state index is 5.94. The minimum atomic E-state index is 0.263. The molecule has 1 heterocycles. The van der Waals surface area contributed by atoms with Crippen LogP contribution in [0.4, 0.5) is 5.82 Å². The minimum Gasteiger partial charge on any atom is -0.436 e. The lowest BCUT2D eigenvalue weighted by molar-refractivity contribution is 0.461. The van der Waals surface area contributed by atoms with Crippen LogP contribution in [0.2, 0.25) is 15.1 Å². The summed E-state index contributed by atoms with van der Waals surface area (Å²) in [6.45, 7) is 0. The van der Waals surface area contributed by atoms with E-state index >= 15 is 0 Å². The molecule has 0 aliphatic carbocycles. The molecule has 17 heavy (non-hydrogen) atoms. The predicted molar refractivity (Wildman–Crippen MR) is 68.0 cm³/mol. The molecule has 2 rings (SSSR count). The van der Waals surface area contributed by atoms with Crippen LogP contribution in [0.1, 0.15) is 0 Å². The van der Waals surface area contributed by atoms with Crippen LogP contribution >= 0.6 is 34.8 Å². The minimum absolute atomic E-state index is 0.263. The second-order valence-electron chi connectivity index (χ2n) is 3.08. The number of anilines is 1. The van der Waals surface area contributed by atoms with Crippen LogP contribution in [0.15, 0.2) is 24.5 Å². The van der Waals surface area contributed by atoms with Crippen molar-refractivity contribution in [1.29, 1.82) is 0 Å². The number of aromatic nitrogens is 2. The molecule has 7 heteroatoms. The molecule has 0 saturated heterocycles. The number of hydrogen-bond acceptors (Lipinski definition) is 4. The summed E-state index contributed by atoms with van der Waals surface area (Å²) in [7, 11) is 0. The zero-order valence-electron chi connectivity index (χ0n) is 8.32. The molecule has 0 unspecified atom stereocenters. The third-order valence-electron chi connectivity index (χ3n) is 1.84. The van der Waals surface area contributed by atoms with Crippen molar-refractivity contribution in [2.75, 3.05) is 5.73 Å². The number of halogens is 3. The van der Waals surface area contributed by atoms with Gasteiger partial charge in [-0.3, -0.25) is 0 Å². The first-order valence-electron chi connectivity index (χ1n) is 4.46. The average molecular weight is 291 g/mol. The predicted octanol–water partition coefficient (Wildman–Crippen LogP) is 3.81. The molecule has 4 nitrogen and oxygen atoms in total. The van der Waals surface area contributed by atoms with Crippen molar-refractivity contribution in [3.05, 3.63) is 39.6 Å². The Bertz CT molecular complexity index is 545. The molecule has 2 aromatic rings. The van der Waals surface area contributed by atoms with Crippen molar-refractivity contribution in [2.45, 2.75) is 0 Å². The lowest BCUT2D eigenvalue weighted by atomic mass is 10.3. The van der Waals surface area contributed by atoms with Crippen molar-refractivity contribution in [3.8, 4) is 11.6 Å². The van der Waals surface area contributed by atoms with Gasteiger partial charge in [-0.15, -0.1) is 0 Å². The Kier molecular flexibility index (Phi) is 3.57. The van der Waals surface area contributed by atoms with Crippen LogP contribution in [0.5, 0.6) is 11.6 Å². The third kappa shape index (κ3) is 2.91. The van der Waals surface area contributed by atoms with Crippen LogP contribution in [-0.4, -0.2) is 9.97 Å². The fraction of sp³-hybridized carbons (Fsp3) is 0. The van der Waals surface area contributed by atoms with Crippen LogP contribution < -0.4 is 10.5 Å². The van der Waals surface area contributed by atoms with Crippen LogP contribution in [0, 0.1) is 0 Å². The largest absolute Gasteiger partial charge is 0.436 e. The monoisotopic (exact) mass is 289 g/mol. The molecular weight excluding hydrogens is 284 g/mol. The first kappa shape index (κ1) is 12.2. The molecule has 88 valence electrons. The highest BCUT2D eigenvalue weighted by atomic mass is 35.5. The topological polar surface area (TPSA) is 61.0 Å². The Labute approximate surface area is 112 Å². The number of nitrogens with zero attached hydrogens (tertiary/aromatic N) is 2. The van der Waals surface area contributed by atoms with Crippen molar-refractivity contribution < 1.29 is 4.74 Å². The normalized spacial score (nSPS) is 10.3. The smallest absolute Gasteiger partial charge is 0.238 e. The van der Waals surface area contributed by atoms with E-state index in [2.05, 4.69) is 9.97 Å². The molecule has 0 atom stereocenters. The highest BCUT2D eigenvalue weighted by Gasteiger charge is 2.08. The number of ether oxygens (including phenoxy) is 1. The molecule has 0 bridgehead atoms. The van der Waals surface area contributed by atoms with E-state index in [4.69, 9.17) is 45.3 Å². The maximum absolute atomic E-state index is 5.94. The van der Waals surface area contributed by atoms with Gasteiger partial charge in [-0.2, -0.15) is 0 Å². The molecule has 0 saturated carbocycles. The first-order chi connectivity index (χ1) is 8.06. The van der Waals surface area contributed by atoms with Gasteiger partial charge in [0.05, 0.1) is 27.5 Å². The molecule has 2 N–H and O–H groups in total. The van der Waals surface area contributed by atoms with Crippen molar-refractivity contribution >= 4 is 40.6 Å². The van der Waals surface area contributed by atoms with E-state index in [0.717, 1.165) is 0 Å². The molecular formula is C10H6Cl3N3O. The van der Waals surface area contributed by atoms with Crippen LogP contribution in [0.3, 0.4) is 0 Å². The molecule has 0 fully saturated rings. The van der Waals surface area contributed by atoms with Gasteiger partial charge in [0.2, 0.25) is 5.88 Å².